The first-order valence-corrected chi connectivity index (χ1v) is 10.7. The molecule has 3 rings (SSSR count). The van der Waals surface area contributed by atoms with E-state index in [1.807, 2.05) is 12.1 Å². The lowest BCUT2D eigenvalue weighted by atomic mass is 10.1. The lowest BCUT2D eigenvalue weighted by Gasteiger charge is -2.18. The Morgan fingerprint density at radius 2 is 1.41 bits per heavy atom. The number of carbonyl (C=O) groups is 2. The number of hydrogen-bond acceptors (Lipinski definition) is 4. The van der Waals surface area contributed by atoms with E-state index in [2.05, 4.69) is 36.2 Å². The van der Waals surface area contributed by atoms with Gasteiger partial charge in [-0.15, -0.1) is 0 Å². The van der Waals surface area contributed by atoms with Crippen LogP contribution in [0.2, 0.25) is 0 Å². The third-order valence-electron chi connectivity index (χ3n) is 5.24. The summed E-state index contributed by atoms with van der Waals surface area (Å²) < 4.78 is 5.75. The fraction of sp³-hybridized carbons (Fsp3) is 0.231. The highest BCUT2D eigenvalue weighted by Crippen LogP contribution is 2.22. The molecule has 6 nitrogen and oxygen atoms in total. The van der Waals surface area contributed by atoms with Crippen molar-refractivity contribution in [3.05, 3.63) is 95.1 Å². The molecule has 3 aromatic rings. The fourth-order valence-corrected chi connectivity index (χ4v) is 3.33. The molecule has 0 spiro atoms. The van der Waals surface area contributed by atoms with E-state index in [0.717, 1.165) is 25.2 Å². The van der Waals surface area contributed by atoms with Crippen molar-refractivity contribution in [2.24, 2.45) is 5.73 Å². The molecule has 0 bridgehead atoms. The van der Waals surface area contributed by atoms with Crippen LogP contribution < -0.4 is 15.8 Å². The maximum atomic E-state index is 12.5. The van der Waals surface area contributed by atoms with Gasteiger partial charge in [0.05, 0.1) is 0 Å². The van der Waals surface area contributed by atoms with Gasteiger partial charge in [-0.2, -0.15) is 0 Å². The SMILES string of the molecule is CCN(CC)Cc1cccc(CNC(=O)c2ccc(Oc3ccc(C(N)=O)cc3)cc2)c1. The summed E-state index contributed by atoms with van der Waals surface area (Å²) in [5, 5.41) is 2.97. The monoisotopic (exact) mass is 431 g/mol. The Morgan fingerprint density at radius 3 is 1.97 bits per heavy atom. The maximum Gasteiger partial charge on any atom is 0.251 e. The summed E-state index contributed by atoms with van der Waals surface area (Å²) in [6, 6.07) is 21.8. The van der Waals surface area contributed by atoms with Crippen LogP contribution in [-0.2, 0) is 13.1 Å². The zero-order chi connectivity index (χ0) is 22.9. The standard InChI is InChI=1S/C26H29N3O3/c1-3-29(4-2)18-20-7-5-6-19(16-20)17-28-26(31)22-10-14-24(15-11-22)32-23-12-8-21(9-13-23)25(27)30/h5-16H,3-4,17-18H2,1-2H3,(H2,27,30)(H,28,31). The van der Waals surface area contributed by atoms with Crippen LogP contribution in [0.15, 0.2) is 72.8 Å². The molecule has 3 aromatic carbocycles. The molecule has 0 saturated carbocycles. The highest BCUT2D eigenvalue weighted by molar-refractivity contribution is 5.94. The molecular weight excluding hydrogens is 402 g/mol. The fourth-order valence-electron chi connectivity index (χ4n) is 3.33. The number of primary amides is 1. The average Bonchev–Trinajstić information content (AvgIpc) is 2.82. The van der Waals surface area contributed by atoms with Gasteiger partial charge < -0.3 is 15.8 Å². The number of nitrogens with zero attached hydrogens (tertiary/aromatic N) is 1. The second kappa shape index (κ2) is 11.1. The number of benzene rings is 3. The minimum absolute atomic E-state index is 0.142. The summed E-state index contributed by atoms with van der Waals surface area (Å²) >= 11 is 0. The van der Waals surface area contributed by atoms with Crippen molar-refractivity contribution < 1.29 is 14.3 Å². The average molecular weight is 432 g/mol. The van der Waals surface area contributed by atoms with Gasteiger partial charge in [0, 0.05) is 24.2 Å². The summed E-state index contributed by atoms with van der Waals surface area (Å²) in [6.07, 6.45) is 0. The second-order valence-corrected chi connectivity index (χ2v) is 7.48. The third-order valence-corrected chi connectivity index (χ3v) is 5.24. The van der Waals surface area contributed by atoms with Crippen LogP contribution in [0.1, 0.15) is 45.7 Å². The van der Waals surface area contributed by atoms with Crippen molar-refractivity contribution in [1.29, 1.82) is 0 Å². The largest absolute Gasteiger partial charge is 0.457 e. The van der Waals surface area contributed by atoms with E-state index in [4.69, 9.17) is 10.5 Å². The van der Waals surface area contributed by atoms with Gasteiger partial charge in [0.2, 0.25) is 5.91 Å². The molecule has 3 N–H and O–H groups in total. The highest BCUT2D eigenvalue weighted by Gasteiger charge is 2.08. The summed E-state index contributed by atoms with van der Waals surface area (Å²) in [4.78, 5) is 26.0. The normalized spacial score (nSPS) is 10.7. The van der Waals surface area contributed by atoms with Crippen LogP contribution in [0, 0.1) is 0 Å². The Hall–Kier alpha value is -3.64. The van der Waals surface area contributed by atoms with Gasteiger partial charge in [0.15, 0.2) is 0 Å². The van der Waals surface area contributed by atoms with E-state index in [1.165, 1.54) is 5.56 Å². The topological polar surface area (TPSA) is 84.7 Å². The van der Waals surface area contributed by atoms with Crippen molar-refractivity contribution in [3.63, 3.8) is 0 Å². The molecule has 0 radical (unpaired) electrons. The number of ether oxygens (including phenoxy) is 1. The molecule has 0 aliphatic carbocycles. The predicted octanol–water partition coefficient (Wildman–Crippen LogP) is 4.35. The number of rotatable bonds is 10. The zero-order valence-electron chi connectivity index (χ0n) is 18.5. The van der Waals surface area contributed by atoms with E-state index in [0.29, 0.717) is 29.2 Å². The summed E-state index contributed by atoms with van der Waals surface area (Å²) in [5.74, 6) is 0.549. The van der Waals surface area contributed by atoms with Gasteiger partial charge >= 0.3 is 0 Å². The molecule has 0 saturated heterocycles. The van der Waals surface area contributed by atoms with E-state index in [-0.39, 0.29) is 5.91 Å². The van der Waals surface area contributed by atoms with E-state index >= 15 is 0 Å². The minimum Gasteiger partial charge on any atom is -0.457 e. The van der Waals surface area contributed by atoms with Crippen LogP contribution in [0.3, 0.4) is 0 Å². The van der Waals surface area contributed by atoms with Crippen LogP contribution in [0.25, 0.3) is 0 Å². The van der Waals surface area contributed by atoms with Gasteiger partial charge in [-0.1, -0.05) is 38.1 Å². The van der Waals surface area contributed by atoms with Crippen molar-refractivity contribution in [3.8, 4) is 11.5 Å². The van der Waals surface area contributed by atoms with Crippen LogP contribution in [-0.4, -0.2) is 29.8 Å². The van der Waals surface area contributed by atoms with Gasteiger partial charge in [-0.25, -0.2) is 0 Å². The predicted molar refractivity (Wildman–Crippen MR) is 126 cm³/mol. The number of carbonyl (C=O) groups excluding carboxylic acids is 2. The number of nitrogens with one attached hydrogen (secondary N) is 1. The van der Waals surface area contributed by atoms with E-state index in [9.17, 15) is 9.59 Å². The molecule has 0 aromatic heterocycles. The summed E-state index contributed by atoms with van der Waals surface area (Å²) in [7, 11) is 0. The number of amides is 2. The Bertz CT molecular complexity index is 1040. The van der Waals surface area contributed by atoms with Crippen LogP contribution in [0.4, 0.5) is 0 Å². The Balaban J connectivity index is 1.55. The first-order valence-electron chi connectivity index (χ1n) is 10.7. The maximum absolute atomic E-state index is 12.5. The Labute approximate surface area is 189 Å². The molecule has 2 amide bonds. The molecule has 166 valence electrons. The first kappa shape index (κ1) is 23.0. The molecule has 6 heteroatoms. The van der Waals surface area contributed by atoms with Crippen LogP contribution in [0.5, 0.6) is 11.5 Å². The molecule has 32 heavy (non-hydrogen) atoms. The number of nitrogens with two attached hydrogens (primary N) is 1. The molecule has 0 aliphatic heterocycles. The van der Waals surface area contributed by atoms with Crippen molar-refractivity contribution in [2.75, 3.05) is 13.1 Å². The first-order chi connectivity index (χ1) is 15.5. The van der Waals surface area contributed by atoms with Gasteiger partial charge in [-0.05, 0) is 72.7 Å². The van der Waals surface area contributed by atoms with Crippen molar-refractivity contribution in [1.82, 2.24) is 10.2 Å². The van der Waals surface area contributed by atoms with Crippen molar-refractivity contribution >= 4 is 11.8 Å². The quantitative estimate of drug-likeness (QED) is 0.500. The minimum atomic E-state index is -0.484. The van der Waals surface area contributed by atoms with Gasteiger partial charge in [-0.3, -0.25) is 14.5 Å². The van der Waals surface area contributed by atoms with Gasteiger partial charge in [0.1, 0.15) is 11.5 Å². The lowest BCUT2D eigenvalue weighted by Crippen LogP contribution is -2.23. The highest BCUT2D eigenvalue weighted by atomic mass is 16.5. The third kappa shape index (κ3) is 6.43. The molecule has 0 unspecified atom stereocenters. The molecule has 0 atom stereocenters. The van der Waals surface area contributed by atoms with Crippen molar-refractivity contribution in [2.45, 2.75) is 26.9 Å². The second-order valence-electron chi connectivity index (χ2n) is 7.48. The Kier molecular flexibility index (Phi) is 8.00. The summed E-state index contributed by atoms with van der Waals surface area (Å²) in [6.45, 7) is 7.70. The van der Waals surface area contributed by atoms with E-state index in [1.54, 1.807) is 48.5 Å². The molecular formula is C26H29N3O3. The molecule has 0 fully saturated rings. The smallest absolute Gasteiger partial charge is 0.251 e. The zero-order valence-corrected chi connectivity index (χ0v) is 18.5. The number of hydrogen-bond donors (Lipinski definition) is 2. The van der Waals surface area contributed by atoms with E-state index < -0.39 is 5.91 Å². The lowest BCUT2D eigenvalue weighted by molar-refractivity contribution is 0.0949. The Morgan fingerprint density at radius 1 is 0.844 bits per heavy atom. The summed E-state index contributed by atoms with van der Waals surface area (Å²) in [5.41, 5.74) is 8.53. The molecule has 0 heterocycles. The van der Waals surface area contributed by atoms with Crippen LogP contribution >= 0.6 is 0 Å². The molecule has 0 aliphatic rings. The van der Waals surface area contributed by atoms with Gasteiger partial charge in [0.25, 0.3) is 5.91 Å².